The van der Waals surface area contributed by atoms with Crippen molar-refractivity contribution in [3.8, 4) is 0 Å². The average Bonchev–Trinajstić information content (AvgIpc) is 2.37. The SMILES string of the molecule is CCOC(=O)C(O)C(O)c1cc([N+](=O)[O-])c(C)cc1C. The molecule has 0 saturated carbocycles. The van der Waals surface area contributed by atoms with Crippen LogP contribution in [0.25, 0.3) is 0 Å². The van der Waals surface area contributed by atoms with E-state index < -0.39 is 23.1 Å². The van der Waals surface area contributed by atoms with Crippen LogP contribution < -0.4 is 0 Å². The molecule has 7 nitrogen and oxygen atoms in total. The second-order valence-electron chi connectivity index (χ2n) is 4.39. The van der Waals surface area contributed by atoms with E-state index in [0.717, 1.165) is 6.07 Å². The van der Waals surface area contributed by atoms with Gasteiger partial charge in [-0.05, 0) is 38.0 Å². The highest BCUT2D eigenvalue weighted by Gasteiger charge is 2.29. The average molecular weight is 283 g/mol. The number of carbonyl (C=O) groups is 1. The largest absolute Gasteiger partial charge is 0.464 e. The molecule has 2 N–H and O–H groups in total. The normalized spacial score (nSPS) is 13.7. The summed E-state index contributed by atoms with van der Waals surface area (Å²) in [7, 11) is 0. The summed E-state index contributed by atoms with van der Waals surface area (Å²) in [6.45, 7) is 4.84. The lowest BCUT2D eigenvalue weighted by Gasteiger charge is -2.18. The molecule has 0 aliphatic carbocycles. The van der Waals surface area contributed by atoms with E-state index in [0.29, 0.717) is 11.1 Å². The number of aliphatic hydroxyl groups is 2. The molecule has 110 valence electrons. The van der Waals surface area contributed by atoms with Gasteiger partial charge in [-0.1, -0.05) is 0 Å². The number of carbonyl (C=O) groups excluding carboxylic acids is 1. The van der Waals surface area contributed by atoms with Gasteiger partial charge in [0.2, 0.25) is 0 Å². The molecule has 0 aromatic heterocycles. The maximum absolute atomic E-state index is 11.4. The molecule has 7 heteroatoms. The van der Waals surface area contributed by atoms with E-state index in [2.05, 4.69) is 4.74 Å². The van der Waals surface area contributed by atoms with Gasteiger partial charge in [0.05, 0.1) is 11.5 Å². The summed E-state index contributed by atoms with van der Waals surface area (Å²) in [5.74, 6) is -0.970. The highest BCUT2D eigenvalue weighted by molar-refractivity contribution is 5.75. The van der Waals surface area contributed by atoms with Crippen LogP contribution in [0.1, 0.15) is 29.7 Å². The third-order valence-corrected chi connectivity index (χ3v) is 2.93. The van der Waals surface area contributed by atoms with Crippen LogP contribution in [0, 0.1) is 24.0 Å². The van der Waals surface area contributed by atoms with Crippen molar-refractivity contribution in [1.82, 2.24) is 0 Å². The Morgan fingerprint density at radius 3 is 2.45 bits per heavy atom. The first-order valence-electron chi connectivity index (χ1n) is 6.07. The maximum atomic E-state index is 11.4. The Balaban J connectivity index is 3.15. The van der Waals surface area contributed by atoms with Crippen molar-refractivity contribution in [1.29, 1.82) is 0 Å². The van der Waals surface area contributed by atoms with Gasteiger partial charge in [0, 0.05) is 11.6 Å². The molecule has 0 bridgehead atoms. The molecule has 0 aliphatic rings. The van der Waals surface area contributed by atoms with Crippen molar-refractivity contribution in [2.24, 2.45) is 0 Å². The number of rotatable bonds is 5. The van der Waals surface area contributed by atoms with Gasteiger partial charge in [0.1, 0.15) is 6.10 Å². The van der Waals surface area contributed by atoms with Crippen LogP contribution in [-0.4, -0.2) is 33.8 Å². The summed E-state index contributed by atoms with van der Waals surface area (Å²) in [4.78, 5) is 21.7. The zero-order valence-corrected chi connectivity index (χ0v) is 11.5. The second kappa shape index (κ2) is 6.44. The summed E-state index contributed by atoms with van der Waals surface area (Å²) in [5.41, 5.74) is 0.932. The number of nitrogens with zero attached hydrogens (tertiary/aromatic N) is 1. The van der Waals surface area contributed by atoms with Crippen LogP contribution in [-0.2, 0) is 9.53 Å². The fourth-order valence-electron chi connectivity index (χ4n) is 1.90. The molecule has 0 saturated heterocycles. The van der Waals surface area contributed by atoms with Crippen LogP contribution in [0.2, 0.25) is 0 Å². The maximum Gasteiger partial charge on any atom is 0.338 e. The van der Waals surface area contributed by atoms with Gasteiger partial charge >= 0.3 is 5.97 Å². The topological polar surface area (TPSA) is 110 Å². The van der Waals surface area contributed by atoms with Gasteiger partial charge in [-0.3, -0.25) is 10.1 Å². The molecule has 0 aliphatic heterocycles. The minimum absolute atomic E-state index is 0.0651. The first-order valence-corrected chi connectivity index (χ1v) is 6.07. The van der Waals surface area contributed by atoms with Crippen LogP contribution in [0.15, 0.2) is 12.1 Å². The molecule has 2 atom stereocenters. The minimum atomic E-state index is -1.78. The van der Waals surface area contributed by atoms with Crippen molar-refractivity contribution in [2.75, 3.05) is 6.61 Å². The molecule has 0 amide bonds. The number of aryl methyl sites for hydroxylation is 2. The highest BCUT2D eigenvalue weighted by atomic mass is 16.6. The monoisotopic (exact) mass is 283 g/mol. The molecule has 1 rings (SSSR count). The number of aliphatic hydroxyl groups excluding tert-OH is 2. The van der Waals surface area contributed by atoms with Crippen LogP contribution in [0.4, 0.5) is 5.69 Å². The molecule has 1 aromatic carbocycles. The van der Waals surface area contributed by atoms with Gasteiger partial charge in [-0.15, -0.1) is 0 Å². The van der Waals surface area contributed by atoms with Gasteiger partial charge < -0.3 is 14.9 Å². The van der Waals surface area contributed by atoms with E-state index >= 15 is 0 Å². The highest BCUT2D eigenvalue weighted by Crippen LogP contribution is 2.28. The smallest absolute Gasteiger partial charge is 0.338 e. The standard InChI is InChI=1S/C13H17NO6/c1-4-20-13(17)12(16)11(15)9-6-10(14(18)19)8(3)5-7(9)2/h5-6,11-12,15-16H,4H2,1-3H3. The molecular weight excluding hydrogens is 266 g/mol. The quantitative estimate of drug-likeness (QED) is 0.477. The van der Waals surface area contributed by atoms with Crippen LogP contribution >= 0.6 is 0 Å². The molecule has 0 heterocycles. The van der Waals surface area contributed by atoms with E-state index in [1.54, 1.807) is 20.8 Å². The molecule has 1 aromatic rings. The summed E-state index contributed by atoms with van der Waals surface area (Å²) in [6, 6.07) is 2.69. The number of ether oxygens (including phenoxy) is 1. The predicted molar refractivity (Wildman–Crippen MR) is 70.2 cm³/mol. The Kier molecular flexibility index (Phi) is 5.18. The number of benzene rings is 1. The number of esters is 1. The van der Waals surface area contributed by atoms with Crippen molar-refractivity contribution < 1.29 is 24.7 Å². The van der Waals surface area contributed by atoms with E-state index in [1.807, 2.05) is 0 Å². The molecule has 20 heavy (non-hydrogen) atoms. The van der Waals surface area contributed by atoms with E-state index in [1.165, 1.54) is 6.07 Å². The third kappa shape index (κ3) is 3.31. The summed E-state index contributed by atoms with van der Waals surface area (Å²) < 4.78 is 4.60. The van der Waals surface area contributed by atoms with Gasteiger partial charge in [-0.2, -0.15) is 0 Å². The number of hydrogen-bond acceptors (Lipinski definition) is 6. The van der Waals surface area contributed by atoms with E-state index in [-0.39, 0.29) is 17.9 Å². The lowest BCUT2D eigenvalue weighted by molar-refractivity contribution is -0.385. The Hall–Kier alpha value is -1.99. The first kappa shape index (κ1) is 16.1. The van der Waals surface area contributed by atoms with Crippen molar-refractivity contribution >= 4 is 11.7 Å². The van der Waals surface area contributed by atoms with E-state index in [4.69, 9.17) is 0 Å². The van der Waals surface area contributed by atoms with Gasteiger partial charge in [0.25, 0.3) is 5.69 Å². The zero-order chi connectivity index (χ0) is 15.4. The van der Waals surface area contributed by atoms with Crippen LogP contribution in [0.3, 0.4) is 0 Å². The van der Waals surface area contributed by atoms with Gasteiger partial charge in [0.15, 0.2) is 6.10 Å². The van der Waals surface area contributed by atoms with Gasteiger partial charge in [-0.25, -0.2) is 4.79 Å². The van der Waals surface area contributed by atoms with E-state index in [9.17, 15) is 25.1 Å². The first-order chi connectivity index (χ1) is 9.29. The Labute approximate surface area is 116 Å². The lowest BCUT2D eigenvalue weighted by atomic mass is 9.96. The second-order valence-corrected chi connectivity index (χ2v) is 4.39. The summed E-state index contributed by atoms with van der Waals surface area (Å²) in [5, 5.41) is 30.6. The molecule has 0 spiro atoms. The van der Waals surface area contributed by atoms with Crippen molar-refractivity contribution in [3.05, 3.63) is 38.9 Å². The Bertz CT molecular complexity index is 528. The third-order valence-electron chi connectivity index (χ3n) is 2.93. The minimum Gasteiger partial charge on any atom is -0.464 e. The summed E-state index contributed by atoms with van der Waals surface area (Å²) >= 11 is 0. The molecule has 2 unspecified atom stereocenters. The molecular formula is C13H17NO6. The molecule has 0 fully saturated rings. The predicted octanol–water partition coefficient (Wildman–Crippen LogP) is 1.17. The number of hydrogen-bond donors (Lipinski definition) is 2. The lowest BCUT2D eigenvalue weighted by Crippen LogP contribution is -2.30. The Morgan fingerprint density at radius 1 is 1.35 bits per heavy atom. The van der Waals surface area contributed by atoms with Crippen molar-refractivity contribution in [3.63, 3.8) is 0 Å². The Morgan fingerprint density at radius 2 is 1.95 bits per heavy atom. The zero-order valence-electron chi connectivity index (χ0n) is 11.5. The summed E-state index contributed by atoms with van der Waals surface area (Å²) in [6.07, 6.45) is -3.36. The van der Waals surface area contributed by atoms with Crippen molar-refractivity contribution in [2.45, 2.75) is 33.0 Å². The number of nitro benzene ring substituents is 1. The fraction of sp³-hybridized carbons (Fsp3) is 0.462. The molecule has 0 radical (unpaired) electrons. The fourth-order valence-corrected chi connectivity index (χ4v) is 1.90. The van der Waals surface area contributed by atoms with Crippen LogP contribution in [0.5, 0.6) is 0 Å². The number of nitro groups is 1.